The van der Waals surface area contributed by atoms with Gasteiger partial charge in [-0.05, 0) is 37.1 Å². The number of benzene rings is 1. The van der Waals surface area contributed by atoms with E-state index in [1.807, 2.05) is 0 Å². The van der Waals surface area contributed by atoms with Gasteiger partial charge in [-0.1, -0.05) is 31.4 Å². The van der Waals surface area contributed by atoms with Crippen LogP contribution in [0, 0.1) is 0 Å². The van der Waals surface area contributed by atoms with E-state index in [-0.39, 0.29) is 0 Å². The molecule has 0 amide bonds. The minimum absolute atomic E-state index is 0.450. The molecule has 0 radical (unpaired) electrons. The summed E-state index contributed by atoms with van der Waals surface area (Å²) in [5, 5.41) is 3.68. The molecule has 3 nitrogen and oxygen atoms in total. The van der Waals surface area contributed by atoms with E-state index in [0.717, 1.165) is 6.54 Å². The van der Waals surface area contributed by atoms with Crippen LogP contribution in [0.1, 0.15) is 43.2 Å². The van der Waals surface area contributed by atoms with Crippen LogP contribution in [0.25, 0.3) is 0 Å². The van der Waals surface area contributed by atoms with Crippen molar-refractivity contribution in [1.82, 2.24) is 9.80 Å². The van der Waals surface area contributed by atoms with Crippen molar-refractivity contribution >= 4 is 5.69 Å². The highest BCUT2D eigenvalue weighted by molar-refractivity contribution is 5.61. The number of rotatable bonds is 2. The van der Waals surface area contributed by atoms with Crippen LogP contribution < -0.4 is 5.32 Å². The van der Waals surface area contributed by atoms with Crippen LogP contribution in [0.4, 0.5) is 5.69 Å². The normalized spacial score (nSPS) is 25.1. The summed E-state index contributed by atoms with van der Waals surface area (Å²) in [6.45, 7) is 7.11. The Kier molecular flexibility index (Phi) is 3.87. The molecule has 0 unspecified atom stereocenters. The molecule has 1 N–H and O–H groups in total. The van der Waals surface area contributed by atoms with Crippen molar-refractivity contribution in [2.75, 3.05) is 45.1 Å². The van der Waals surface area contributed by atoms with Gasteiger partial charge in [-0.15, -0.1) is 0 Å². The van der Waals surface area contributed by atoms with Crippen LogP contribution in [-0.4, -0.2) is 49.6 Å². The number of hydrogen-bond donors (Lipinski definition) is 1. The van der Waals surface area contributed by atoms with Gasteiger partial charge in [0.15, 0.2) is 0 Å². The molecule has 3 heteroatoms. The average Bonchev–Trinajstić information content (AvgIpc) is 2.89. The average molecular weight is 299 g/mol. The first kappa shape index (κ1) is 14.5. The molecule has 3 aliphatic rings. The monoisotopic (exact) mass is 299 g/mol. The number of fused-ring (bicyclic) bond motifs is 2. The van der Waals surface area contributed by atoms with Gasteiger partial charge >= 0.3 is 0 Å². The van der Waals surface area contributed by atoms with Crippen LogP contribution in [0.2, 0.25) is 0 Å². The summed E-state index contributed by atoms with van der Waals surface area (Å²) in [6.07, 6.45) is 7.00. The molecule has 22 heavy (non-hydrogen) atoms. The largest absolute Gasteiger partial charge is 0.384 e. The molecule has 0 aromatic heterocycles. The van der Waals surface area contributed by atoms with Gasteiger partial charge in [0.2, 0.25) is 0 Å². The maximum atomic E-state index is 3.68. The Morgan fingerprint density at radius 1 is 1.05 bits per heavy atom. The third-order valence-corrected chi connectivity index (χ3v) is 6.09. The van der Waals surface area contributed by atoms with E-state index in [0.29, 0.717) is 5.41 Å². The highest BCUT2D eigenvalue weighted by atomic mass is 15.2. The van der Waals surface area contributed by atoms with Crippen LogP contribution in [-0.2, 0) is 12.0 Å². The molecule has 4 rings (SSSR count). The molecule has 2 fully saturated rings. The van der Waals surface area contributed by atoms with Crippen molar-refractivity contribution in [2.24, 2.45) is 0 Å². The third-order valence-electron chi connectivity index (χ3n) is 6.09. The molecule has 1 aliphatic carbocycles. The minimum atomic E-state index is 0.450. The molecular formula is C19H29N3. The highest BCUT2D eigenvalue weighted by Crippen LogP contribution is 2.46. The fourth-order valence-corrected chi connectivity index (χ4v) is 4.58. The predicted octanol–water partition coefficient (Wildman–Crippen LogP) is 3.06. The topological polar surface area (TPSA) is 18.5 Å². The van der Waals surface area contributed by atoms with E-state index < -0.39 is 0 Å². The van der Waals surface area contributed by atoms with Gasteiger partial charge in [-0.2, -0.15) is 0 Å². The van der Waals surface area contributed by atoms with Crippen LogP contribution >= 0.6 is 0 Å². The maximum absolute atomic E-state index is 3.68. The number of anilines is 1. The molecular weight excluding hydrogens is 270 g/mol. The summed E-state index contributed by atoms with van der Waals surface area (Å²) in [5.41, 5.74) is 4.99. The fourth-order valence-electron chi connectivity index (χ4n) is 4.58. The van der Waals surface area contributed by atoms with E-state index in [2.05, 4.69) is 40.4 Å². The molecule has 2 aliphatic heterocycles. The smallest absolute Gasteiger partial charge is 0.0379 e. The zero-order valence-electron chi connectivity index (χ0n) is 13.9. The Bertz CT molecular complexity index is 520. The van der Waals surface area contributed by atoms with E-state index in [4.69, 9.17) is 0 Å². The van der Waals surface area contributed by atoms with Gasteiger partial charge in [0.05, 0.1) is 0 Å². The van der Waals surface area contributed by atoms with Crippen LogP contribution in [0.3, 0.4) is 0 Å². The number of nitrogens with one attached hydrogen (secondary N) is 1. The second-order valence-electron chi connectivity index (χ2n) is 7.65. The second-order valence-corrected chi connectivity index (χ2v) is 7.65. The van der Waals surface area contributed by atoms with Gasteiger partial charge in [-0.25, -0.2) is 0 Å². The Morgan fingerprint density at radius 2 is 1.82 bits per heavy atom. The summed E-state index contributed by atoms with van der Waals surface area (Å²) in [7, 11) is 2.23. The van der Waals surface area contributed by atoms with E-state index in [1.165, 1.54) is 76.1 Å². The standard InChI is InChI=1S/C19H29N3/c1-21-9-11-22(12-10-21)14-16-5-6-18-17(13-16)19(15-20-18)7-3-2-4-8-19/h5-6,13,20H,2-4,7-12,14-15H2,1H3. The number of likely N-dealkylation sites (N-methyl/N-ethyl adjacent to an activating group) is 1. The van der Waals surface area contributed by atoms with Crippen molar-refractivity contribution in [3.05, 3.63) is 29.3 Å². The summed E-state index contributed by atoms with van der Waals surface area (Å²) in [5.74, 6) is 0. The molecule has 1 saturated carbocycles. The van der Waals surface area contributed by atoms with Crippen molar-refractivity contribution in [1.29, 1.82) is 0 Å². The number of nitrogens with zero attached hydrogens (tertiary/aromatic N) is 2. The highest BCUT2D eigenvalue weighted by Gasteiger charge is 2.39. The van der Waals surface area contributed by atoms with Crippen molar-refractivity contribution in [3.63, 3.8) is 0 Å². The van der Waals surface area contributed by atoms with Gasteiger partial charge in [0, 0.05) is 50.4 Å². The summed E-state index contributed by atoms with van der Waals surface area (Å²) >= 11 is 0. The predicted molar refractivity (Wildman–Crippen MR) is 92.5 cm³/mol. The fraction of sp³-hybridized carbons (Fsp3) is 0.684. The van der Waals surface area contributed by atoms with E-state index in [9.17, 15) is 0 Å². The Balaban J connectivity index is 1.52. The Hall–Kier alpha value is -1.06. The SMILES string of the molecule is CN1CCN(Cc2ccc3c(c2)C2(CCCCC2)CN3)CC1. The lowest BCUT2D eigenvalue weighted by Crippen LogP contribution is -2.43. The van der Waals surface area contributed by atoms with Crippen LogP contribution in [0.5, 0.6) is 0 Å². The zero-order valence-corrected chi connectivity index (χ0v) is 13.9. The molecule has 2 heterocycles. The Morgan fingerprint density at radius 3 is 2.59 bits per heavy atom. The number of piperazine rings is 1. The first-order valence-electron chi connectivity index (χ1n) is 9.03. The number of hydrogen-bond acceptors (Lipinski definition) is 3. The summed E-state index contributed by atoms with van der Waals surface area (Å²) in [4.78, 5) is 5.04. The van der Waals surface area contributed by atoms with Gasteiger partial charge in [-0.3, -0.25) is 4.90 Å². The summed E-state index contributed by atoms with van der Waals surface area (Å²) < 4.78 is 0. The van der Waals surface area contributed by atoms with Crippen molar-refractivity contribution < 1.29 is 0 Å². The van der Waals surface area contributed by atoms with Crippen molar-refractivity contribution in [3.8, 4) is 0 Å². The molecule has 1 aromatic carbocycles. The third kappa shape index (κ3) is 2.65. The Labute approximate surface area is 134 Å². The first-order valence-corrected chi connectivity index (χ1v) is 9.03. The van der Waals surface area contributed by atoms with Gasteiger partial charge in [0.25, 0.3) is 0 Å². The van der Waals surface area contributed by atoms with Crippen molar-refractivity contribution in [2.45, 2.75) is 44.1 Å². The first-order chi connectivity index (χ1) is 10.8. The molecule has 120 valence electrons. The minimum Gasteiger partial charge on any atom is -0.384 e. The molecule has 0 atom stereocenters. The summed E-state index contributed by atoms with van der Waals surface area (Å²) in [6, 6.07) is 7.20. The molecule has 1 aromatic rings. The van der Waals surface area contributed by atoms with E-state index >= 15 is 0 Å². The second kappa shape index (κ2) is 5.86. The van der Waals surface area contributed by atoms with Crippen LogP contribution in [0.15, 0.2) is 18.2 Å². The lowest BCUT2D eigenvalue weighted by Gasteiger charge is -2.34. The van der Waals surface area contributed by atoms with E-state index in [1.54, 1.807) is 5.56 Å². The lowest BCUT2D eigenvalue weighted by atomic mass is 9.70. The van der Waals surface area contributed by atoms with Gasteiger partial charge < -0.3 is 10.2 Å². The molecule has 1 saturated heterocycles. The van der Waals surface area contributed by atoms with Gasteiger partial charge in [0.1, 0.15) is 0 Å². The molecule has 0 bridgehead atoms. The molecule has 1 spiro atoms. The maximum Gasteiger partial charge on any atom is 0.0379 e. The lowest BCUT2D eigenvalue weighted by molar-refractivity contribution is 0.148. The quantitative estimate of drug-likeness (QED) is 0.905. The zero-order chi connectivity index (χ0) is 15.0.